The average molecular weight is 443 g/mol. The molecule has 0 spiro atoms. The van der Waals surface area contributed by atoms with Crippen LogP contribution >= 0.6 is 23.2 Å². The summed E-state index contributed by atoms with van der Waals surface area (Å²) in [7, 11) is 0. The van der Waals surface area contributed by atoms with Gasteiger partial charge in [-0.3, -0.25) is 9.59 Å². The molecule has 150 valence electrons. The number of rotatable bonds is 6. The second kappa shape index (κ2) is 9.20. The molecule has 0 saturated carbocycles. The van der Waals surface area contributed by atoms with Crippen molar-refractivity contribution in [2.24, 2.45) is 0 Å². The van der Waals surface area contributed by atoms with Crippen molar-refractivity contribution in [3.05, 3.63) is 62.9 Å². The van der Waals surface area contributed by atoms with Crippen LogP contribution in [0.1, 0.15) is 18.4 Å². The SMILES string of the molecule is O=C(CCC(=O)Oc1cccc(Cl)c1Cl)OCc1c(F)c(F)c(F)c(F)c1F. The lowest BCUT2D eigenvalue weighted by atomic mass is 10.2. The van der Waals surface area contributed by atoms with Crippen LogP contribution in [0.2, 0.25) is 10.0 Å². The van der Waals surface area contributed by atoms with Gasteiger partial charge in [0.2, 0.25) is 5.82 Å². The van der Waals surface area contributed by atoms with Gasteiger partial charge >= 0.3 is 11.9 Å². The lowest BCUT2D eigenvalue weighted by Crippen LogP contribution is -2.14. The Hall–Kier alpha value is -2.39. The van der Waals surface area contributed by atoms with E-state index in [2.05, 4.69) is 4.74 Å². The quantitative estimate of drug-likeness (QED) is 0.205. The molecule has 2 aromatic rings. The normalized spacial score (nSPS) is 10.7. The summed E-state index contributed by atoms with van der Waals surface area (Å²) in [6.07, 6.45) is -1.08. The van der Waals surface area contributed by atoms with Gasteiger partial charge in [0, 0.05) is 0 Å². The molecular weight excluding hydrogens is 434 g/mol. The van der Waals surface area contributed by atoms with Crippen molar-refractivity contribution in [1.82, 2.24) is 0 Å². The molecule has 0 heterocycles. The molecule has 0 N–H and O–H groups in total. The van der Waals surface area contributed by atoms with Gasteiger partial charge in [-0.2, -0.15) is 0 Å². The molecule has 0 atom stereocenters. The molecule has 11 heteroatoms. The smallest absolute Gasteiger partial charge is 0.311 e. The lowest BCUT2D eigenvalue weighted by molar-refractivity contribution is -0.148. The summed E-state index contributed by atoms with van der Waals surface area (Å²) >= 11 is 11.6. The van der Waals surface area contributed by atoms with E-state index in [0.717, 1.165) is 0 Å². The highest BCUT2D eigenvalue weighted by atomic mass is 35.5. The molecule has 0 aliphatic carbocycles. The molecule has 0 bridgehead atoms. The van der Waals surface area contributed by atoms with Crippen LogP contribution in [0, 0.1) is 29.1 Å². The molecule has 2 rings (SSSR count). The zero-order chi connectivity index (χ0) is 21.0. The fourth-order valence-electron chi connectivity index (χ4n) is 1.94. The van der Waals surface area contributed by atoms with Gasteiger partial charge in [0.25, 0.3) is 0 Å². The fourth-order valence-corrected chi connectivity index (χ4v) is 2.27. The van der Waals surface area contributed by atoms with Crippen LogP contribution in [-0.4, -0.2) is 11.9 Å². The van der Waals surface area contributed by atoms with Crippen molar-refractivity contribution in [3.63, 3.8) is 0 Å². The minimum absolute atomic E-state index is 0.0218. The largest absolute Gasteiger partial charge is 0.461 e. The Kier molecular flexibility index (Phi) is 7.20. The maximum Gasteiger partial charge on any atom is 0.311 e. The minimum atomic E-state index is -2.33. The van der Waals surface area contributed by atoms with E-state index in [9.17, 15) is 31.5 Å². The van der Waals surface area contributed by atoms with Crippen LogP contribution in [0.3, 0.4) is 0 Å². The van der Waals surface area contributed by atoms with E-state index in [-0.39, 0.29) is 15.8 Å². The predicted octanol–water partition coefficient (Wildman–Crippen LogP) is 5.12. The van der Waals surface area contributed by atoms with Crippen LogP contribution in [0.4, 0.5) is 22.0 Å². The lowest BCUT2D eigenvalue weighted by Gasteiger charge is -2.09. The summed E-state index contributed by atoms with van der Waals surface area (Å²) in [4.78, 5) is 23.3. The van der Waals surface area contributed by atoms with Gasteiger partial charge in [0.05, 0.1) is 23.4 Å². The van der Waals surface area contributed by atoms with Gasteiger partial charge in [0.15, 0.2) is 29.0 Å². The number of carbonyl (C=O) groups is 2. The zero-order valence-electron chi connectivity index (χ0n) is 13.6. The number of hydrogen-bond donors (Lipinski definition) is 0. The van der Waals surface area contributed by atoms with Crippen LogP contribution in [0.25, 0.3) is 0 Å². The van der Waals surface area contributed by atoms with Crippen molar-refractivity contribution in [3.8, 4) is 5.75 Å². The fraction of sp³-hybridized carbons (Fsp3) is 0.176. The van der Waals surface area contributed by atoms with Crippen molar-refractivity contribution >= 4 is 35.1 Å². The summed E-state index contributed by atoms with van der Waals surface area (Å²) in [5.41, 5.74) is -1.31. The Balaban J connectivity index is 1.92. The van der Waals surface area contributed by atoms with E-state index in [1.807, 2.05) is 0 Å². The number of benzene rings is 2. The number of esters is 2. The first-order valence-electron chi connectivity index (χ1n) is 7.44. The van der Waals surface area contributed by atoms with Crippen LogP contribution < -0.4 is 4.74 Å². The van der Waals surface area contributed by atoms with E-state index >= 15 is 0 Å². The predicted molar refractivity (Wildman–Crippen MR) is 87.4 cm³/mol. The Morgan fingerprint density at radius 2 is 1.36 bits per heavy atom. The molecule has 2 aromatic carbocycles. The molecule has 0 radical (unpaired) electrons. The maximum atomic E-state index is 13.5. The Labute approximate surface area is 164 Å². The van der Waals surface area contributed by atoms with Crippen LogP contribution in [0.5, 0.6) is 5.75 Å². The van der Waals surface area contributed by atoms with E-state index in [4.69, 9.17) is 27.9 Å². The molecule has 0 amide bonds. The second-order valence-electron chi connectivity index (χ2n) is 5.24. The Morgan fingerprint density at radius 3 is 1.96 bits per heavy atom. The highest BCUT2D eigenvalue weighted by Crippen LogP contribution is 2.31. The molecule has 0 aliphatic heterocycles. The van der Waals surface area contributed by atoms with Gasteiger partial charge in [-0.25, -0.2) is 22.0 Å². The van der Waals surface area contributed by atoms with Gasteiger partial charge in [-0.05, 0) is 12.1 Å². The van der Waals surface area contributed by atoms with Gasteiger partial charge in [-0.1, -0.05) is 29.3 Å². The second-order valence-corrected chi connectivity index (χ2v) is 6.02. The molecule has 4 nitrogen and oxygen atoms in total. The summed E-state index contributed by atoms with van der Waals surface area (Å²) in [6, 6.07) is 4.28. The van der Waals surface area contributed by atoms with Gasteiger partial charge in [-0.15, -0.1) is 0 Å². The third-order valence-electron chi connectivity index (χ3n) is 3.35. The monoisotopic (exact) mass is 442 g/mol. The number of halogens is 7. The molecule has 0 saturated heterocycles. The summed E-state index contributed by atoms with van der Waals surface area (Å²) in [6.45, 7) is -1.21. The molecule has 0 unspecified atom stereocenters. The summed E-state index contributed by atoms with van der Waals surface area (Å²) in [5, 5.41) is 0.112. The highest BCUT2D eigenvalue weighted by molar-refractivity contribution is 6.43. The van der Waals surface area contributed by atoms with E-state index in [1.54, 1.807) is 0 Å². The molecule has 0 fully saturated rings. The third kappa shape index (κ3) is 4.90. The number of ether oxygens (including phenoxy) is 2. The summed E-state index contributed by atoms with van der Waals surface area (Å²) in [5.74, 6) is -12.9. The molecule has 28 heavy (non-hydrogen) atoms. The maximum absolute atomic E-state index is 13.5. The molecule has 0 aromatic heterocycles. The molecule has 0 aliphatic rings. The Morgan fingerprint density at radius 1 is 0.821 bits per heavy atom. The van der Waals surface area contributed by atoms with Gasteiger partial charge in [0.1, 0.15) is 11.6 Å². The van der Waals surface area contributed by atoms with E-state index in [0.29, 0.717) is 0 Å². The van der Waals surface area contributed by atoms with Crippen LogP contribution in [-0.2, 0) is 20.9 Å². The topological polar surface area (TPSA) is 52.6 Å². The number of carbonyl (C=O) groups excluding carboxylic acids is 2. The summed E-state index contributed by atoms with van der Waals surface area (Å²) < 4.78 is 75.4. The van der Waals surface area contributed by atoms with Crippen molar-refractivity contribution in [1.29, 1.82) is 0 Å². The van der Waals surface area contributed by atoms with Crippen molar-refractivity contribution in [2.45, 2.75) is 19.4 Å². The molecular formula is C17H9Cl2F5O4. The first-order chi connectivity index (χ1) is 13.1. The van der Waals surface area contributed by atoms with E-state index in [1.165, 1.54) is 18.2 Å². The standard InChI is InChI=1S/C17H9Cl2F5O4/c18-8-2-1-3-9(12(8)19)28-11(26)5-4-10(25)27-6-7-13(20)15(22)17(24)16(23)14(7)21/h1-3H,4-6H2. The first-order valence-corrected chi connectivity index (χ1v) is 8.19. The Bertz CT molecular complexity index is 907. The zero-order valence-corrected chi connectivity index (χ0v) is 15.1. The third-order valence-corrected chi connectivity index (χ3v) is 4.15. The first kappa shape index (κ1) is 21.9. The van der Waals surface area contributed by atoms with Crippen LogP contribution in [0.15, 0.2) is 18.2 Å². The average Bonchev–Trinajstić information content (AvgIpc) is 2.66. The minimum Gasteiger partial charge on any atom is -0.461 e. The van der Waals surface area contributed by atoms with Crippen molar-refractivity contribution < 1.29 is 41.0 Å². The van der Waals surface area contributed by atoms with Crippen molar-refractivity contribution in [2.75, 3.05) is 0 Å². The number of hydrogen-bond acceptors (Lipinski definition) is 4. The highest BCUT2D eigenvalue weighted by Gasteiger charge is 2.26. The van der Waals surface area contributed by atoms with Gasteiger partial charge < -0.3 is 9.47 Å². The van der Waals surface area contributed by atoms with E-state index < -0.39 is 66.0 Å².